The van der Waals surface area contributed by atoms with E-state index >= 15 is 0 Å². The zero-order valence-corrected chi connectivity index (χ0v) is 14.3. The summed E-state index contributed by atoms with van der Waals surface area (Å²) in [5.74, 6) is 0.465. The Morgan fingerprint density at radius 2 is 2.17 bits per heavy atom. The van der Waals surface area contributed by atoms with Gasteiger partial charge < -0.3 is 14.7 Å². The highest BCUT2D eigenvalue weighted by Crippen LogP contribution is 2.26. The number of hydrogen-bond acceptors (Lipinski definition) is 7. The first-order valence-electron chi connectivity index (χ1n) is 7.90. The maximum absolute atomic E-state index is 12.1. The van der Waals surface area contributed by atoms with Crippen molar-refractivity contribution >= 4 is 27.3 Å². The minimum Gasteiger partial charge on any atom is -0.361 e. The fraction of sp³-hybridized carbons (Fsp3) is 0.467. The summed E-state index contributed by atoms with van der Waals surface area (Å²) in [5.41, 5.74) is 1.32. The first kappa shape index (κ1) is 15.1. The normalized spacial score (nSPS) is 16.0. The lowest BCUT2D eigenvalue weighted by Crippen LogP contribution is -2.44. The van der Waals surface area contributed by atoms with E-state index in [-0.39, 0.29) is 11.9 Å². The number of carbonyl (C=O) groups is 1. The molecule has 126 valence electrons. The van der Waals surface area contributed by atoms with Crippen molar-refractivity contribution in [3.8, 4) is 0 Å². The van der Waals surface area contributed by atoms with Gasteiger partial charge in [-0.3, -0.25) is 4.79 Å². The van der Waals surface area contributed by atoms with Crippen molar-refractivity contribution in [2.45, 2.75) is 32.7 Å². The highest BCUT2D eigenvalue weighted by atomic mass is 32.1. The van der Waals surface area contributed by atoms with Gasteiger partial charge in [0.05, 0.1) is 11.9 Å². The second-order valence-corrected chi connectivity index (χ2v) is 6.99. The Labute approximate surface area is 142 Å². The lowest BCUT2D eigenvalue weighted by molar-refractivity contribution is 0.0922. The van der Waals surface area contributed by atoms with Gasteiger partial charge in [0.2, 0.25) is 10.1 Å². The molecule has 0 saturated carbocycles. The Morgan fingerprint density at radius 1 is 1.38 bits per heavy atom. The van der Waals surface area contributed by atoms with Crippen LogP contribution in [0.2, 0.25) is 0 Å². The molecular weight excluding hydrogens is 328 g/mol. The number of hydrogen-bond donors (Lipinski definition) is 1. The van der Waals surface area contributed by atoms with E-state index in [0.29, 0.717) is 11.5 Å². The van der Waals surface area contributed by atoms with Crippen LogP contribution in [0, 0.1) is 13.8 Å². The largest absolute Gasteiger partial charge is 0.361 e. The molecule has 0 spiro atoms. The van der Waals surface area contributed by atoms with Crippen LogP contribution in [-0.4, -0.2) is 44.8 Å². The lowest BCUT2D eigenvalue weighted by Gasteiger charge is -2.31. The molecule has 0 atom stereocenters. The molecule has 3 aromatic heterocycles. The summed E-state index contributed by atoms with van der Waals surface area (Å²) < 4.78 is 6.77. The fourth-order valence-electron chi connectivity index (χ4n) is 2.87. The minimum absolute atomic E-state index is 0.150. The summed E-state index contributed by atoms with van der Waals surface area (Å²) >= 11 is 1.60. The van der Waals surface area contributed by atoms with Crippen LogP contribution in [0.15, 0.2) is 16.8 Å². The Kier molecular flexibility index (Phi) is 3.72. The Balaban J connectivity index is 1.36. The van der Waals surface area contributed by atoms with Gasteiger partial charge in [0.25, 0.3) is 5.91 Å². The third kappa shape index (κ3) is 2.86. The van der Waals surface area contributed by atoms with Gasteiger partial charge in [-0.15, -0.1) is 5.10 Å². The van der Waals surface area contributed by atoms with Crippen molar-refractivity contribution in [3.05, 3.63) is 29.4 Å². The van der Waals surface area contributed by atoms with Crippen molar-refractivity contribution in [2.75, 3.05) is 18.0 Å². The number of nitrogens with zero attached hydrogens (tertiary/aromatic N) is 5. The van der Waals surface area contributed by atoms with Crippen LogP contribution in [0.4, 0.5) is 5.13 Å². The molecule has 1 N–H and O–H groups in total. The molecule has 1 aliphatic heterocycles. The molecule has 1 fully saturated rings. The van der Waals surface area contributed by atoms with E-state index in [9.17, 15) is 4.79 Å². The first-order valence-corrected chi connectivity index (χ1v) is 8.72. The third-order valence-corrected chi connectivity index (χ3v) is 5.10. The molecule has 0 aromatic carbocycles. The molecule has 4 rings (SSSR count). The van der Waals surface area contributed by atoms with Crippen LogP contribution in [0.25, 0.3) is 4.96 Å². The highest BCUT2D eigenvalue weighted by molar-refractivity contribution is 7.20. The number of imidazole rings is 1. The molecule has 0 unspecified atom stereocenters. The quantitative estimate of drug-likeness (QED) is 0.778. The monoisotopic (exact) mass is 346 g/mol. The Morgan fingerprint density at radius 3 is 2.83 bits per heavy atom. The van der Waals surface area contributed by atoms with E-state index in [2.05, 4.69) is 25.5 Å². The van der Waals surface area contributed by atoms with Gasteiger partial charge in [-0.05, 0) is 26.7 Å². The van der Waals surface area contributed by atoms with Crippen LogP contribution >= 0.6 is 11.3 Å². The number of piperidine rings is 1. The Hall–Kier alpha value is -2.42. The van der Waals surface area contributed by atoms with E-state index in [1.54, 1.807) is 24.3 Å². The summed E-state index contributed by atoms with van der Waals surface area (Å²) in [5, 5.41) is 12.3. The van der Waals surface area contributed by atoms with Gasteiger partial charge in [0.1, 0.15) is 5.76 Å². The van der Waals surface area contributed by atoms with Crippen LogP contribution in [0.1, 0.15) is 34.8 Å². The molecule has 1 amide bonds. The second kappa shape index (κ2) is 5.90. The SMILES string of the molecule is Cc1cn2nc(N3CCC(NC(=O)c4cc(C)on4)CC3)sc2n1. The predicted octanol–water partition coefficient (Wildman–Crippen LogP) is 1.79. The molecule has 0 bridgehead atoms. The molecule has 0 aliphatic carbocycles. The molecule has 4 heterocycles. The summed E-state index contributed by atoms with van der Waals surface area (Å²) in [4.78, 5) is 19.7. The molecule has 1 saturated heterocycles. The number of nitrogens with one attached hydrogen (secondary N) is 1. The van der Waals surface area contributed by atoms with Crippen molar-refractivity contribution < 1.29 is 9.32 Å². The van der Waals surface area contributed by atoms with Gasteiger partial charge in [-0.2, -0.15) is 0 Å². The number of anilines is 1. The third-order valence-electron chi connectivity index (χ3n) is 4.11. The molecule has 24 heavy (non-hydrogen) atoms. The summed E-state index contributed by atoms with van der Waals surface area (Å²) in [6.07, 6.45) is 3.69. The lowest BCUT2D eigenvalue weighted by atomic mass is 10.1. The van der Waals surface area contributed by atoms with E-state index in [4.69, 9.17) is 4.52 Å². The maximum atomic E-state index is 12.1. The number of amides is 1. The van der Waals surface area contributed by atoms with Crippen LogP contribution in [-0.2, 0) is 0 Å². The van der Waals surface area contributed by atoms with Gasteiger partial charge >= 0.3 is 0 Å². The highest BCUT2D eigenvalue weighted by Gasteiger charge is 2.24. The van der Waals surface area contributed by atoms with Crippen LogP contribution in [0.3, 0.4) is 0 Å². The first-order chi connectivity index (χ1) is 11.6. The average Bonchev–Trinajstić information content (AvgIpc) is 3.22. The van der Waals surface area contributed by atoms with E-state index in [1.165, 1.54) is 0 Å². The van der Waals surface area contributed by atoms with Crippen LogP contribution < -0.4 is 10.2 Å². The molecule has 9 heteroatoms. The molecule has 3 aromatic rings. The van der Waals surface area contributed by atoms with Gasteiger partial charge in [0.15, 0.2) is 5.69 Å². The van der Waals surface area contributed by atoms with Gasteiger partial charge in [0, 0.05) is 25.2 Å². The smallest absolute Gasteiger partial charge is 0.273 e. The number of carbonyl (C=O) groups excluding carboxylic acids is 1. The van der Waals surface area contributed by atoms with Gasteiger partial charge in [-0.25, -0.2) is 9.50 Å². The van der Waals surface area contributed by atoms with E-state index in [1.807, 2.05) is 17.6 Å². The van der Waals surface area contributed by atoms with Gasteiger partial charge in [-0.1, -0.05) is 16.5 Å². The fourth-order valence-corrected chi connectivity index (χ4v) is 3.85. The van der Waals surface area contributed by atoms with Crippen molar-refractivity contribution in [1.29, 1.82) is 0 Å². The van der Waals surface area contributed by atoms with Crippen molar-refractivity contribution in [2.24, 2.45) is 0 Å². The van der Waals surface area contributed by atoms with Crippen molar-refractivity contribution in [1.82, 2.24) is 25.1 Å². The minimum atomic E-state index is -0.173. The number of fused-ring (bicyclic) bond motifs is 1. The zero-order valence-electron chi connectivity index (χ0n) is 13.5. The van der Waals surface area contributed by atoms with E-state index in [0.717, 1.165) is 41.7 Å². The molecule has 8 nitrogen and oxygen atoms in total. The molecule has 1 aliphatic rings. The zero-order chi connectivity index (χ0) is 16.7. The molecule has 0 radical (unpaired) electrons. The maximum Gasteiger partial charge on any atom is 0.273 e. The number of aryl methyl sites for hydroxylation is 2. The predicted molar refractivity (Wildman–Crippen MR) is 89.5 cm³/mol. The summed E-state index contributed by atoms with van der Waals surface area (Å²) in [6, 6.07) is 1.80. The van der Waals surface area contributed by atoms with Crippen LogP contribution in [0.5, 0.6) is 0 Å². The Bertz CT molecular complexity index is 842. The number of rotatable bonds is 3. The number of aromatic nitrogens is 4. The molecular formula is C15H18N6O2S. The summed E-state index contributed by atoms with van der Waals surface area (Å²) in [7, 11) is 0. The average molecular weight is 346 g/mol. The topological polar surface area (TPSA) is 88.6 Å². The van der Waals surface area contributed by atoms with E-state index < -0.39 is 0 Å². The van der Waals surface area contributed by atoms with Crippen molar-refractivity contribution in [3.63, 3.8) is 0 Å². The standard InChI is InChI=1S/C15H18N6O2S/c1-9-8-21-14(16-9)24-15(18-21)20-5-3-11(4-6-20)17-13(22)12-7-10(2)23-19-12/h7-8,11H,3-6H2,1-2H3,(H,17,22). The summed E-state index contributed by atoms with van der Waals surface area (Å²) in [6.45, 7) is 5.46. The second-order valence-electron chi connectivity index (χ2n) is 6.05.